The number of morpholine rings is 1. The summed E-state index contributed by atoms with van der Waals surface area (Å²) in [5, 5.41) is 3.48. The number of nitrogens with one attached hydrogen (secondary N) is 1. The Morgan fingerprint density at radius 2 is 2.12 bits per heavy atom. The van der Waals surface area contributed by atoms with Crippen LogP contribution in [-0.4, -0.2) is 62.5 Å². The fourth-order valence-electron chi connectivity index (χ4n) is 1.95. The zero-order valence-electron chi connectivity index (χ0n) is 11.7. The Hall–Kier alpha value is -0.160. The first-order valence-corrected chi connectivity index (χ1v) is 6.76. The Labute approximate surface area is 106 Å². The first-order valence-electron chi connectivity index (χ1n) is 6.76. The van der Waals surface area contributed by atoms with Crippen molar-refractivity contribution in [1.82, 2.24) is 10.2 Å². The first kappa shape index (κ1) is 14.9. The molecular formula is C13H28N2O2. The molecule has 4 heteroatoms. The van der Waals surface area contributed by atoms with E-state index in [-0.39, 0.29) is 0 Å². The van der Waals surface area contributed by atoms with E-state index in [4.69, 9.17) is 9.47 Å². The van der Waals surface area contributed by atoms with Crippen molar-refractivity contribution in [2.45, 2.75) is 45.9 Å². The van der Waals surface area contributed by atoms with Gasteiger partial charge in [-0.2, -0.15) is 0 Å². The molecule has 1 aliphatic heterocycles. The predicted octanol–water partition coefficient (Wildman–Crippen LogP) is 1.11. The van der Waals surface area contributed by atoms with Crippen LogP contribution in [0.15, 0.2) is 0 Å². The summed E-state index contributed by atoms with van der Waals surface area (Å²) in [6, 6.07) is 1.02. The molecule has 1 unspecified atom stereocenters. The smallest absolute Gasteiger partial charge is 0.0634 e. The molecule has 1 heterocycles. The van der Waals surface area contributed by atoms with Crippen molar-refractivity contribution in [3.63, 3.8) is 0 Å². The highest BCUT2D eigenvalue weighted by atomic mass is 16.5. The van der Waals surface area contributed by atoms with Crippen LogP contribution in [0.25, 0.3) is 0 Å². The van der Waals surface area contributed by atoms with Crippen molar-refractivity contribution in [3.8, 4) is 0 Å². The quantitative estimate of drug-likeness (QED) is 0.727. The molecule has 0 saturated carbocycles. The minimum atomic E-state index is 0.322. The second-order valence-electron chi connectivity index (χ2n) is 5.25. The first-order chi connectivity index (χ1) is 8.09. The molecule has 1 rings (SSSR count). The van der Waals surface area contributed by atoms with Gasteiger partial charge < -0.3 is 14.8 Å². The average molecular weight is 244 g/mol. The topological polar surface area (TPSA) is 33.7 Å². The third kappa shape index (κ3) is 6.36. The van der Waals surface area contributed by atoms with Crippen molar-refractivity contribution in [2.75, 3.05) is 39.5 Å². The maximum Gasteiger partial charge on any atom is 0.0634 e. The average Bonchev–Trinajstić information content (AvgIpc) is 2.27. The van der Waals surface area contributed by atoms with E-state index in [1.165, 1.54) is 0 Å². The molecule has 0 radical (unpaired) electrons. The van der Waals surface area contributed by atoms with Crippen LogP contribution in [0.2, 0.25) is 0 Å². The van der Waals surface area contributed by atoms with E-state index in [2.05, 4.69) is 37.9 Å². The predicted molar refractivity (Wildman–Crippen MR) is 70.4 cm³/mol. The number of nitrogens with zero attached hydrogens (tertiary/aromatic N) is 1. The Kier molecular flexibility index (Phi) is 7.04. The second kappa shape index (κ2) is 8.03. The van der Waals surface area contributed by atoms with Crippen LogP contribution >= 0.6 is 0 Å². The van der Waals surface area contributed by atoms with Crippen LogP contribution < -0.4 is 5.32 Å². The Balaban J connectivity index is 2.26. The Morgan fingerprint density at radius 1 is 1.35 bits per heavy atom. The van der Waals surface area contributed by atoms with E-state index in [0.717, 1.165) is 39.5 Å². The molecule has 4 nitrogen and oxygen atoms in total. The highest BCUT2D eigenvalue weighted by Crippen LogP contribution is 2.06. The summed E-state index contributed by atoms with van der Waals surface area (Å²) in [7, 11) is 0. The van der Waals surface area contributed by atoms with Gasteiger partial charge in [-0.05, 0) is 13.8 Å². The number of hydrogen-bond acceptors (Lipinski definition) is 4. The highest BCUT2D eigenvalue weighted by molar-refractivity contribution is 4.78. The van der Waals surface area contributed by atoms with Gasteiger partial charge in [0.2, 0.25) is 0 Å². The zero-order chi connectivity index (χ0) is 12.7. The number of hydrogen-bond donors (Lipinski definition) is 1. The molecule has 102 valence electrons. The van der Waals surface area contributed by atoms with Gasteiger partial charge >= 0.3 is 0 Å². The van der Waals surface area contributed by atoms with Crippen molar-refractivity contribution in [3.05, 3.63) is 0 Å². The minimum Gasteiger partial charge on any atom is -0.378 e. The van der Waals surface area contributed by atoms with Crippen LogP contribution in [0.1, 0.15) is 27.7 Å². The van der Waals surface area contributed by atoms with Crippen LogP contribution in [0.3, 0.4) is 0 Å². The largest absolute Gasteiger partial charge is 0.378 e. The summed E-state index contributed by atoms with van der Waals surface area (Å²) in [6.45, 7) is 14.0. The van der Waals surface area contributed by atoms with Crippen LogP contribution in [0, 0.1) is 0 Å². The fraction of sp³-hybridized carbons (Fsp3) is 1.00. The lowest BCUT2D eigenvalue weighted by atomic mass is 10.2. The van der Waals surface area contributed by atoms with Gasteiger partial charge in [0.05, 0.1) is 25.9 Å². The summed E-state index contributed by atoms with van der Waals surface area (Å²) in [5.41, 5.74) is 0. The lowest BCUT2D eigenvalue weighted by molar-refractivity contribution is -0.0260. The summed E-state index contributed by atoms with van der Waals surface area (Å²) >= 11 is 0. The normalized spacial score (nSPS) is 22.6. The van der Waals surface area contributed by atoms with E-state index < -0.39 is 0 Å². The van der Waals surface area contributed by atoms with Gasteiger partial charge in [-0.15, -0.1) is 0 Å². The third-order valence-electron chi connectivity index (χ3n) is 2.94. The maximum absolute atomic E-state index is 5.62. The van der Waals surface area contributed by atoms with E-state index in [1.807, 2.05) is 0 Å². The lowest BCUT2D eigenvalue weighted by Gasteiger charge is -2.36. The lowest BCUT2D eigenvalue weighted by Crippen LogP contribution is -2.52. The van der Waals surface area contributed by atoms with E-state index >= 15 is 0 Å². The molecule has 0 amide bonds. The molecule has 1 saturated heterocycles. The molecule has 0 aliphatic carbocycles. The van der Waals surface area contributed by atoms with Crippen molar-refractivity contribution >= 4 is 0 Å². The molecular weight excluding hydrogens is 216 g/mol. The number of ether oxygens (including phenoxy) is 2. The third-order valence-corrected chi connectivity index (χ3v) is 2.94. The molecule has 1 aliphatic rings. The van der Waals surface area contributed by atoms with Gasteiger partial charge in [0.25, 0.3) is 0 Å². The highest BCUT2D eigenvalue weighted by Gasteiger charge is 2.22. The molecule has 1 N–H and O–H groups in total. The van der Waals surface area contributed by atoms with Gasteiger partial charge in [0.15, 0.2) is 0 Å². The van der Waals surface area contributed by atoms with E-state index in [0.29, 0.717) is 18.2 Å². The van der Waals surface area contributed by atoms with Gasteiger partial charge in [-0.25, -0.2) is 0 Å². The van der Waals surface area contributed by atoms with E-state index in [9.17, 15) is 0 Å². The second-order valence-corrected chi connectivity index (χ2v) is 5.25. The Morgan fingerprint density at radius 3 is 2.76 bits per heavy atom. The van der Waals surface area contributed by atoms with E-state index in [1.54, 1.807) is 0 Å². The van der Waals surface area contributed by atoms with Gasteiger partial charge in [0, 0.05) is 31.7 Å². The van der Waals surface area contributed by atoms with Crippen LogP contribution in [0.4, 0.5) is 0 Å². The maximum atomic E-state index is 5.62. The van der Waals surface area contributed by atoms with Gasteiger partial charge in [-0.1, -0.05) is 13.8 Å². The molecule has 0 bridgehead atoms. The molecule has 0 aromatic heterocycles. The summed E-state index contributed by atoms with van der Waals surface area (Å²) in [5.74, 6) is 0. The standard InChI is InChI=1S/C13H28N2O2/c1-11(2)14-9-13-10-16-7-5-15(13)6-8-17-12(3)4/h11-14H,5-10H2,1-4H3. The zero-order valence-corrected chi connectivity index (χ0v) is 11.7. The van der Waals surface area contributed by atoms with Crippen LogP contribution in [0.5, 0.6) is 0 Å². The molecule has 1 fully saturated rings. The SMILES string of the molecule is CC(C)NCC1COCCN1CCOC(C)C. The molecule has 0 spiro atoms. The van der Waals surface area contributed by atoms with Crippen molar-refractivity contribution < 1.29 is 9.47 Å². The summed E-state index contributed by atoms with van der Waals surface area (Å²) in [4.78, 5) is 2.47. The van der Waals surface area contributed by atoms with Crippen molar-refractivity contribution in [2.24, 2.45) is 0 Å². The summed E-state index contributed by atoms with van der Waals surface area (Å²) < 4.78 is 11.2. The minimum absolute atomic E-state index is 0.322. The fourth-order valence-corrected chi connectivity index (χ4v) is 1.95. The monoisotopic (exact) mass is 244 g/mol. The molecule has 0 aromatic rings. The molecule has 1 atom stereocenters. The Bertz CT molecular complexity index is 198. The van der Waals surface area contributed by atoms with Crippen LogP contribution in [-0.2, 0) is 9.47 Å². The molecule has 0 aromatic carbocycles. The van der Waals surface area contributed by atoms with Crippen molar-refractivity contribution in [1.29, 1.82) is 0 Å². The van der Waals surface area contributed by atoms with Gasteiger partial charge in [-0.3, -0.25) is 4.90 Å². The summed E-state index contributed by atoms with van der Waals surface area (Å²) in [6.07, 6.45) is 0.322. The van der Waals surface area contributed by atoms with Gasteiger partial charge in [0.1, 0.15) is 0 Å². The molecule has 17 heavy (non-hydrogen) atoms. The number of rotatable bonds is 7.